The largest absolute Gasteiger partial charge is 0.497 e. The molecule has 0 saturated carbocycles. The predicted molar refractivity (Wildman–Crippen MR) is 104 cm³/mol. The van der Waals surface area contributed by atoms with E-state index in [1.807, 2.05) is 36.4 Å². The summed E-state index contributed by atoms with van der Waals surface area (Å²) in [5.41, 5.74) is 3.96. The van der Waals surface area contributed by atoms with Crippen molar-refractivity contribution in [1.82, 2.24) is 20.4 Å². The second-order valence-corrected chi connectivity index (χ2v) is 6.14. The van der Waals surface area contributed by atoms with E-state index >= 15 is 0 Å². The molecule has 3 heterocycles. The van der Waals surface area contributed by atoms with Crippen LogP contribution in [-0.4, -0.2) is 28.1 Å². The van der Waals surface area contributed by atoms with Crippen LogP contribution in [0.2, 0.25) is 0 Å². The lowest BCUT2D eigenvalue weighted by Crippen LogP contribution is -2.22. The Labute approximate surface area is 161 Å². The molecule has 0 radical (unpaired) electrons. The van der Waals surface area contributed by atoms with Gasteiger partial charge in [0.1, 0.15) is 11.4 Å². The number of methoxy groups -OCH3 is 1. The van der Waals surface area contributed by atoms with Crippen molar-refractivity contribution in [2.45, 2.75) is 6.54 Å². The summed E-state index contributed by atoms with van der Waals surface area (Å²) in [6.07, 6.45) is 6.78. The van der Waals surface area contributed by atoms with Gasteiger partial charge in [0.15, 0.2) is 5.76 Å². The van der Waals surface area contributed by atoms with Gasteiger partial charge < -0.3 is 19.6 Å². The minimum absolute atomic E-state index is 0.200. The van der Waals surface area contributed by atoms with Crippen LogP contribution in [0.5, 0.6) is 5.75 Å². The molecule has 1 amide bonds. The topological polar surface area (TPSA) is 93.0 Å². The van der Waals surface area contributed by atoms with Gasteiger partial charge in [-0.15, -0.1) is 0 Å². The lowest BCUT2D eigenvalue weighted by Gasteiger charge is -2.03. The molecule has 0 bridgehead atoms. The predicted octanol–water partition coefficient (Wildman–Crippen LogP) is 3.67. The first-order valence-electron chi connectivity index (χ1n) is 8.69. The average Bonchev–Trinajstić information content (AvgIpc) is 3.42. The van der Waals surface area contributed by atoms with Gasteiger partial charge in [-0.05, 0) is 41.5 Å². The number of ether oxygens (including phenoxy) is 1. The van der Waals surface area contributed by atoms with Crippen LogP contribution in [0, 0.1) is 0 Å². The minimum Gasteiger partial charge on any atom is -0.497 e. The highest BCUT2D eigenvalue weighted by Crippen LogP contribution is 2.33. The van der Waals surface area contributed by atoms with E-state index in [1.54, 1.807) is 38.0 Å². The number of hydrogen-bond donors (Lipinski definition) is 2. The van der Waals surface area contributed by atoms with E-state index in [-0.39, 0.29) is 5.91 Å². The summed E-state index contributed by atoms with van der Waals surface area (Å²) in [6.45, 7) is 0.426. The quantitative estimate of drug-likeness (QED) is 0.537. The SMILES string of the molecule is COc1ccc(-c2cnoc2-c2c[nH]c(C(=O)NCc3ccncc3)c2)cc1. The lowest BCUT2D eigenvalue weighted by molar-refractivity contribution is 0.0946. The van der Waals surface area contributed by atoms with Crippen molar-refractivity contribution in [3.8, 4) is 28.2 Å². The summed E-state index contributed by atoms with van der Waals surface area (Å²) >= 11 is 0. The Morgan fingerprint density at radius 3 is 2.68 bits per heavy atom. The molecular formula is C21H18N4O3. The van der Waals surface area contributed by atoms with Crippen LogP contribution in [0.1, 0.15) is 16.1 Å². The fraction of sp³-hybridized carbons (Fsp3) is 0.0952. The van der Waals surface area contributed by atoms with Gasteiger partial charge in [-0.1, -0.05) is 17.3 Å². The maximum atomic E-state index is 12.4. The van der Waals surface area contributed by atoms with Crippen molar-refractivity contribution in [1.29, 1.82) is 0 Å². The number of nitrogens with zero attached hydrogens (tertiary/aromatic N) is 2. The second kappa shape index (κ2) is 7.79. The van der Waals surface area contributed by atoms with Crippen molar-refractivity contribution in [2.24, 2.45) is 0 Å². The summed E-state index contributed by atoms with van der Waals surface area (Å²) in [6, 6.07) is 13.1. The van der Waals surface area contributed by atoms with Gasteiger partial charge in [0.25, 0.3) is 5.91 Å². The summed E-state index contributed by atoms with van der Waals surface area (Å²) < 4.78 is 10.6. The molecule has 0 spiro atoms. The molecule has 0 aliphatic heterocycles. The third-order valence-corrected chi connectivity index (χ3v) is 4.36. The van der Waals surface area contributed by atoms with E-state index in [9.17, 15) is 4.79 Å². The highest BCUT2D eigenvalue weighted by molar-refractivity contribution is 5.94. The lowest BCUT2D eigenvalue weighted by atomic mass is 10.0. The van der Waals surface area contributed by atoms with Gasteiger partial charge >= 0.3 is 0 Å². The van der Waals surface area contributed by atoms with E-state index < -0.39 is 0 Å². The van der Waals surface area contributed by atoms with E-state index in [0.717, 1.165) is 28.0 Å². The molecule has 0 aliphatic carbocycles. The van der Waals surface area contributed by atoms with Crippen LogP contribution in [0.4, 0.5) is 0 Å². The monoisotopic (exact) mass is 374 g/mol. The highest BCUT2D eigenvalue weighted by Gasteiger charge is 2.16. The van der Waals surface area contributed by atoms with Crippen molar-refractivity contribution in [3.05, 3.63) is 78.5 Å². The Hall–Kier alpha value is -3.87. The van der Waals surface area contributed by atoms with Gasteiger partial charge in [0.05, 0.1) is 13.3 Å². The maximum absolute atomic E-state index is 12.4. The molecule has 7 heteroatoms. The van der Waals surface area contributed by atoms with Crippen LogP contribution >= 0.6 is 0 Å². The molecule has 140 valence electrons. The third-order valence-electron chi connectivity index (χ3n) is 4.36. The molecule has 28 heavy (non-hydrogen) atoms. The molecule has 0 saturated heterocycles. The van der Waals surface area contributed by atoms with Gasteiger partial charge in [-0.2, -0.15) is 0 Å². The van der Waals surface area contributed by atoms with Gasteiger partial charge in [-0.3, -0.25) is 9.78 Å². The first-order valence-corrected chi connectivity index (χ1v) is 8.69. The number of hydrogen-bond acceptors (Lipinski definition) is 5. The maximum Gasteiger partial charge on any atom is 0.267 e. The molecule has 0 unspecified atom stereocenters. The first-order chi connectivity index (χ1) is 13.7. The van der Waals surface area contributed by atoms with Crippen molar-refractivity contribution in [3.63, 3.8) is 0 Å². The summed E-state index contributed by atoms with van der Waals surface area (Å²) in [4.78, 5) is 19.4. The number of benzene rings is 1. The number of nitrogens with one attached hydrogen (secondary N) is 2. The Bertz CT molecular complexity index is 1070. The summed E-state index contributed by atoms with van der Waals surface area (Å²) in [5, 5.41) is 6.80. The number of H-pyrrole nitrogens is 1. The Balaban J connectivity index is 1.51. The fourth-order valence-corrected chi connectivity index (χ4v) is 2.86. The Kier molecular flexibility index (Phi) is 4.88. The molecule has 7 nitrogen and oxygen atoms in total. The molecule has 4 aromatic rings. The van der Waals surface area contributed by atoms with Crippen molar-refractivity contribution < 1.29 is 14.1 Å². The van der Waals surface area contributed by atoms with Crippen LogP contribution in [-0.2, 0) is 6.54 Å². The number of aromatic nitrogens is 3. The average molecular weight is 374 g/mol. The number of rotatable bonds is 6. The van der Waals surface area contributed by atoms with Gasteiger partial charge in [0, 0.05) is 36.3 Å². The number of aromatic amines is 1. The van der Waals surface area contributed by atoms with Crippen molar-refractivity contribution in [2.75, 3.05) is 7.11 Å². The van der Waals surface area contributed by atoms with Gasteiger partial charge in [-0.25, -0.2) is 0 Å². The molecule has 4 rings (SSSR count). The molecule has 3 aromatic heterocycles. The third kappa shape index (κ3) is 3.64. The molecule has 2 N–H and O–H groups in total. The molecule has 1 aromatic carbocycles. The standard InChI is InChI=1S/C21H18N4O3/c1-27-17-4-2-15(3-5-17)18-13-25-28-20(18)16-10-19(23-12-16)21(26)24-11-14-6-8-22-9-7-14/h2-10,12-13,23H,11H2,1H3,(H,24,26). The van der Waals surface area contributed by atoms with Crippen molar-refractivity contribution >= 4 is 5.91 Å². The zero-order valence-electron chi connectivity index (χ0n) is 15.2. The van der Waals surface area contributed by atoms with E-state index in [2.05, 4.69) is 20.4 Å². The Morgan fingerprint density at radius 2 is 1.93 bits per heavy atom. The number of amides is 1. The normalized spacial score (nSPS) is 10.6. The number of pyridine rings is 1. The zero-order valence-corrected chi connectivity index (χ0v) is 15.2. The van der Waals surface area contributed by atoms with E-state index in [0.29, 0.717) is 18.0 Å². The summed E-state index contributed by atoms with van der Waals surface area (Å²) in [7, 11) is 1.63. The zero-order chi connectivity index (χ0) is 19.3. The van der Waals surface area contributed by atoms with Crippen LogP contribution in [0.15, 0.2) is 71.8 Å². The van der Waals surface area contributed by atoms with Crippen LogP contribution < -0.4 is 10.1 Å². The van der Waals surface area contributed by atoms with Crippen LogP contribution in [0.25, 0.3) is 22.5 Å². The van der Waals surface area contributed by atoms with Gasteiger partial charge in [0.2, 0.25) is 0 Å². The molecule has 0 fully saturated rings. The minimum atomic E-state index is -0.200. The molecule has 0 atom stereocenters. The molecule has 0 aliphatic rings. The van der Waals surface area contributed by atoms with E-state index in [4.69, 9.17) is 9.26 Å². The first kappa shape index (κ1) is 17.5. The van der Waals surface area contributed by atoms with Crippen LogP contribution in [0.3, 0.4) is 0 Å². The number of carbonyl (C=O) groups is 1. The van der Waals surface area contributed by atoms with E-state index in [1.165, 1.54) is 0 Å². The molecular weight excluding hydrogens is 356 g/mol. The summed E-state index contributed by atoms with van der Waals surface area (Å²) in [5.74, 6) is 1.17. The highest BCUT2D eigenvalue weighted by atomic mass is 16.5. The fourth-order valence-electron chi connectivity index (χ4n) is 2.86. The second-order valence-electron chi connectivity index (χ2n) is 6.14. The Morgan fingerprint density at radius 1 is 1.14 bits per heavy atom. The smallest absolute Gasteiger partial charge is 0.267 e. The number of carbonyl (C=O) groups excluding carboxylic acids is 1.